The molecule has 0 aliphatic heterocycles. The highest BCUT2D eigenvalue weighted by molar-refractivity contribution is 5.69. The van der Waals surface area contributed by atoms with Crippen LogP contribution in [-0.4, -0.2) is 18.6 Å². The number of esters is 1. The van der Waals surface area contributed by atoms with Crippen molar-refractivity contribution in [3.63, 3.8) is 0 Å². The Morgan fingerprint density at radius 1 is 1.26 bits per heavy atom. The predicted molar refractivity (Wildman–Crippen MR) is 78.8 cm³/mol. The van der Waals surface area contributed by atoms with Gasteiger partial charge in [0.25, 0.3) is 0 Å². The lowest BCUT2D eigenvalue weighted by atomic mass is 9.84. The molecule has 3 nitrogen and oxygen atoms in total. The van der Waals surface area contributed by atoms with Crippen LogP contribution in [0.25, 0.3) is 0 Å². The van der Waals surface area contributed by atoms with E-state index in [2.05, 4.69) is 20.8 Å². The van der Waals surface area contributed by atoms with Crippen LogP contribution in [0.2, 0.25) is 0 Å². The summed E-state index contributed by atoms with van der Waals surface area (Å²) in [5.74, 6) is 0.560. The standard InChI is InChI=1S/C16H31NO2/c1-4-13-7-5-6-8-14(13)19-15(18)9-10-16(2,3)11-12-17/h13-14H,4-12,17H2,1-3H3. The van der Waals surface area contributed by atoms with Crippen LogP contribution in [-0.2, 0) is 9.53 Å². The van der Waals surface area contributed by atoms with Gasteiger partial charge < -0.3 is 10.5 Å². The Morgan fingerprint density at radius 2 is 1.95 bits per heavy atom. The van der Waals surface area contributed by atoms with Crippen molar-refractivity contribution in [3.8, 4) is 0 Å². The van der Waals surface area contributed by atoms with E-state index >= 15 is 0 Å². The van der Waals surface area contributed by atoms with E-state index in [1.54, 1.807) is 0 Å². The summed E-state index contributed by atoms with van der Waals surface area (Å²) in [7, 11) is 0. The Morgan fingerprint density at radius 3 is 2.58 bits per heavy atom. The molecular formula is C16H31NO2. The number of rotatable bonds is 7. The molecule has 2 unspecified atom stereocenters. The van der Waals surface area contributed by atoms with Gasteiger partial charge in [-0.1, -0.05) is 27.2 Å². The van der Waals surface area contributed by atoms with Crippen molar-refractivity contribution in [2.75, 3.05) is 6.54 Å². The van der Waals surface area contributed by atoms with Gasteiger partial charge in [-0.05, 0) is 56.4 Å². The summed E-state index contributed by atoms with van der Waals surface area (Å²) in [4.78, 5) is 12.0. The minimum Gasteiger partial charge on any atom is -0.462 e. The summed E-state index contributed by atoms with van der Waals surface area (Å²) in [5.41, 5.74) is 5.73. The van der Waals surface area contributed by atoms with Gasteiger partial charge in [-0.2, -0.15) is 0 Å². The highest BCUT2D eigenvalue weighted by Gasteiger charge is 2.27. The van der Waals surface area contributed by atoms with Crippen LogP contribution in [0.3, 0.4) is 0 Å². The molecule has 19 heavy (non-hydrogen) atoms. The Balaban J connectivity index is 2.33. The van der Waals surface area contributed by atoms with E-state index in [9.17, 15) is 4.79 Å². The van der Waals surface area contributed by atoms with Crippen LogP contribution in [0, 0.1) is 11.3 Å². The molecule has 0 aromatic carbocycles. The lowest BCUT2D eigenvalue weighted by Gasteiger charge is -2.31. The molecule has 112 valence electrons. The van der Waals surface area contributed by atoms with Gasteiger partial charge in [0.05, 0.1) is 0 Å². The Kier molecular flexibility index (Phi) is 6.84. The van der Waals surface area contributed by atoms with Crippen LogP contribution < -0.4 is 5.73 Å². The predicted octanol–water partition coefficient (Wildman–Crippen LogP) is 3.65. The molecule has 1 saturated carbocycles. The number of hydrogen-bond acceptors (Lipinski definition) is 3. The minimum absolute atomic E-state index is 0.0181. The first kappa shape index (κ1) is 16.5. The highest BCUT2D eigenvalue weighted by Crippen LogP contribution is 2.30. The van der Waals surface area contributed by atoms with Crippen LogP contribution in [0.1, 0.15) is 72.1 Å². The maximum absolute atomic E-state index is 12.0. The summed E-state index contributed by atoms with van der Waals surface area (Å²) < 4.78 is 5.70. The Labute approximate surface area is 118 Å². The van der Waals surface area contributed by atoms with E-state index in [0.29, 0.717) is 18.9 Å². The molecule has 0 bridgehead atoms. The molecule has 1 rings (SSSR count). The van der Waals surface area contributed by atoms with Gasteiger partial charge in [0.15, 0.2) is 0 Å². The van der Waals surface area contributed by atoms with Crippen LogP contribution in [0.4, 0.5) is 0 Å². The fraction of sp³-hybridized carbons (Fsp3) is 0.938. The minimum atomic E-state index is -0.0181. The SMILES string of the molecule is CCC1CCCCC1OC(=O)CCC(C)(C)CCN. The molecule has 2 atom stereocenters. The molecule has 0 aromatic heterocycles. The molecule has 1 aliphatic carbocycles. The summed E-state index contributed by atoms with van der Waals surface area (Å²) in [6, 6.07) is 0. The summed E-state index contributed by atoms with van der Waals surface area (Å²) in [5, 5.41) is 0. The van der Waals surface area contributed by atoms with E-state index in [4.69, 9.17) is 10.5 Å². The lowest BCUT2D eigenvalue weighted by molar-refractivity contribution is -0.154. The second-order valence-corrected chi connectivity index (χ2v) is 6.68. The van der Waals surface area contributed by atoms with Crippen molar-refractivity contribution in [2.45, 2.75) is 78.2 Å². The van der Waals surface area contributed by atoms with Gasteiger partial charge in [-0.15, -0.1) is 0 Å². The summed E-state index contributed by atoms with van der Waals surface area (Å²) >= 11 is 0. The third-order valence-electron chi connectivity index (χ3n) is 4.47. The van der Waals surface area contributed by atoms with Crippen molar-refractivity contribution in [1.82, 2.24) is 0 Å². The Hall–Kier alpha value is -0.570. The van der Waals surface area contributed by atoms with Gasteiger partial charge in [0, 0.05) is 6.42 Å². The zero-order valence-electron chi connectivity index (χ0n) is 12.9. The van der Waals surface area contributed by atoms with Gasteiger partial charge in [0.1, 0.15) is 6.10 Å². The van der Waals surface area contributed by atoms with Crippen molar-refractivity contribution in [1.29, 1.82) is 0 Å². The average molecular weight is 269 g/mol. The largest absolute Gasteiger partial charge is 0.462 e. The molecule has 1 aliphatic rings. The number of carbonyl (C=O) groups excluding carboxylic acids is 1. The second-order valence-electron chi connectivity index (χ2n) is 6.68. The van der Waals surface area contributed by atoms with Crippen LogP contribution in [0.15, 0.2) is 0 Å². The fourth-order valence-electron chi connectivity index (χ4n) is 2.98. The quantitative estimate of drug-likeness (QED) is 0.718. The Bertz CT molecular complexity index is 276. The van der Waals surface area contributed by atoms with Crippen molar-refractivity contribution in [2.24, 2.45) is 17.1 Å². The monoisotopic (exact) mass is 269 g/mol. The lowest BCUT2D eigenvalue weighted by Crippen LogP contribution is -2.30. The van der Waals surface area contributed by atoms with Crippen molar-refractivity contribution >= 4 is 5.97 Å². The normalized spacial score (nSPS) is 24.2. The molecule has 2 N–H and O–H groups in total. The highest BCUT2D eigenvalue weighted by atomic mass is 16.5. The molecule has 0 heterocycles. The zero-order chi connectivity index (χ0) is 14.3. The molecule has 3 heteroatoms. The maximum Gasteiger partial charge on any atom is 0.306 e. The second kappa shape index (κ2) is 7.88. The summed E-state index contributed by atoms with van der Waals surface area (Å²) in [6.45, 7) is 7.22. The molecular weight excluding hydrogens is 238 g/mol. The number of nitrogens with two attached hydrogens (primary N) is 1. The van der Waals surface area contributed by atoms with E-state index in [0.717, 1.165) is 25.7 Å². The van der Waals surface area contributed by atoms with E-state index in [1.165, 1.54) is 19.3 Å². The molecule has 1 fully saturated rings. The first-order valence-electron chi connectivity index (χ1n) is 7.88. The van der Waals surface area contributed by atoms with Gasteiger partial charge in [-0.3, -0.25) is 4.79 Å². The third-order valence-corrected chi connectivity index (χ3v) is 4.47. The number of ether oxygens (including phenoxy) is 1. The average Bonchev–Trinajstić information content (AvgIpc) is 2.37. The number of hydrogen-bond donors (Lipinski definition) is 1. The topological polar surface area (TPSA) is 52.3 Å². The third kappa shape index (κ3) is 5.94. The first-order valence-corrected chi connectivity index (χ1v) is 7.88. The molecule has 0 radical (unpaired) electrons. The van der Waals surface area contributed by atoms with Gasteiger partial charge >= 0.3 is 5.97 Å². The molecule has 0 aromatic rings. The number of carbonyl (C=O) groups is 1. The summed E-state index contributed by atoms with van der Waals surface area (Å²) in [6.07, 6.45) is 8.40. The molecule has 0 amide bonds. The smallest absolute Gasteiger partial charge is 0.306 e. The van der Waals surface area contributed by atoms with E-state index in [-0.39, 0.29) is 17.5 Å². The van der Waals surface area contributed by atoms with Crippen LogP contribution >= 0.6 is 0 Å². The van der Waals surface area contributed by atoms with Crippen molar-refractivity contribution in [3.05, 3.63) is 0 Å². The van der Waals surface area contributed by atoms with E-state index < -0.39 is 0 Å². The maximum atomic E-state index is 12.0. The molecule has 0 saturated heterocycles. The zero-order valence-corrected chi connectivity index (χ0v) is 12.9. The fourth-order valence-corrected chi connectivity index (χ4v) is 2.98. The first-order chi connectivity index (χ1) is 8.98. The van der Waals surface area contributed by atoms with Gasteiger partial charge in [0.2, 0.25) is 0 Å². The van der Waals surface area contributed by atoms with Gasteiger partial charge in [-0.25, -0.2) is 0 Å². The van der Waals surface area contributed by atoms with Crippen LogP contribution in [0.5, 0.6) is 0 Å². The van der Waals surface area contributed by atoms with Crippen molar-refractivity contribution < 1.29 is 9.53 Å². The van der Waals surface area contributed by atoms with E-state index in [1.807, 2.05) is 0 Å². The molecule has 0 spiro atoms.